The summed E-state index contributed by atoms with van der Waals surface area (Å²) in [6.07, 6.45) is 0. The normalized spacial score (nSPS) is 20.4. The highest BCUT2D eigenvalue weighted by molar-refractivity contribution is 9.10. The molecule has 1 aromatic rings. The van der Waals surface area contributed by atoms with Gasteiger partial charge in [0.05, 0.1) is 4.47 Å². The molecule has 1 fully saturated rings. The number of carbonyl (C=O) groups excluding carboxylic acids is 1. The van der Waals surface area contributed by atoms with Crippen LogP contribution in [-0.4, -0.2) is 41.6 Å². The lowest BCUT2D eigenvalue weighted by atomic mass is 10.1. The van der Waals surface area contributed by atoms with Crippen molar-refractivity contribution in [3.05, 3.63) is 28.2 Å². The third-order valence-electron chi connectivity index (χ3n) is 2.85. The largest absolute Gasteiger partial charge is 0.507 e. The number of piperazine rings is 1. The molecule has 1 amide bonds. The number of nitrogens with one attached hydrogen (secondary N) is 1. The number of rotatable bonds is 1. The van der Waals surface area contributed by atoms with E-state index in [2.05, 4.69) is 28.2 Å². The van der Waals surface area contributed by atoms with E-state index in [0.717, 1.165) is 6.54 Å². The second-order valence-corrected chi connectivity index (χ2v) is 5.13. The zero-order valence-corrected chi connectivity index (χ0v) is 11.2. The molecular weight excluding hydrogens is 284 g/mol. The van der Waals surface area contributed by atoms with Crippen molar-refractivity contribution in [1.82, 2.24) is 10.2 Å². The number of benzene rings is 1. The van der Waals surface area contributed by atoms with Gasteiger partial charge in [-0.15, -0.1) is 0 Å². The van der Waals surface area contributed by atoms with Gasteiger partial charge < -0.3 is 15.3 Å². The molecule has 0 saturated carbocycles. The van der Waals surface area contributed by atoms with Crippen LogP contribution in [0.15, 0.2) is 22.7 Å². The number of hydrogen-bond donors (Lipinski definition) is 2. The molecule has 1 aliphatic heterocycles. The molecule has 5 heteroatoms. The summed E-state index contributed by atoms with van der Waals surface area (Å²) in [5.74, 6) is 0.0696. The van der Waals surface area contributed by atoms with E-state index in [1.165, 1.54) is 6.07 Å². The van der Waals surface area contributed by atoms with Crippen LogP contribution in [0.25, 0.3) is 0 Å². The summed E-state index contributed by atoms with van der Waals surface area (Å²) in [6, 6.07) is 5.23. The highest BCUT2D eigenvalue weighted by Gasteiger charge is 2.21. The lowest BCUT2D eigenvalue weighted by Crippen LogP contribution is -2.51. The topological polar surface area (TPSA) is 52.6 Å². The highest BCUT2D eigenvalue weighted by atomic mass is 79.9. The lowest BCUT2D eigenvalue weighted by Gasteiger charge is -2.32. The summed E-state index contributed by atoms with van der Waals surface area (Å²) < 4.78 is 0.600. The van der Waals surface area contributed by atoms with Crippen molar-refractivity contribution >= 4 is 21.8 Å². The molecule has 0 aliphatic carbocycles. The minimum atomic E-state index is -0.0267. The lowest BCUT2D eigenvalue weighted by molar-refractivity contribution is 0.0708. The molecule has 2 rings (SSSR count). The predicted octanol–water partition coefficient (Wildman–Crippen LogP) is 1.59. The Bertz CT molecular complexity index is 437. The van der Waals surface area contributed by atoms with Crippen LogP contribution in [0.4, 0.5) is 0 Å². The molecule has 1 unspecified atom stereocenters. The monoisotopic (exact) mass is 298 g/mol. The molecule has 0 spiro atoms. The Morgan fingerprint density at radius 3 is 3.00 bits per heavy atom. The maximum absolute atomic E-state index is 12.2. The number of amides is 1. The maximum atomic E-state index is 12.2. The molecule has 0 radical (unpaired) electrons. The predicted molar refractivity (Wildman–Crippen MR) is 69.2 cm³/mol. The molecule has 1 aliphatic rings. The van der Waals surface area contributed by atoms with Crippen molar-refractivity contribution in [3.8, 4) is 5.75 Å². The van der Waals surface area contributed by atoms with Crippen LogP contribution in [0.3, 0.4) is 0 Å². The number of hydrogen-bond acceptors (Lipinski definition) is 3. The van der Waals surface area contributed by atoms with Crippen LogP contribution in [0, 0.1) is 0 Å². The molecule has 0 aromatic heterocycles. The van der Waals surface area contributed by atoms with Crippen LogP contribution < -0.4 is 5.32 Å². The zero-order chi connectivity index (χ0) is 12.4. The van der Waals surface area contributed by atoms with Crippen molar-refractivity contribution < 1.29 is 9.90 Å². The number of halogens is 1. The van der Waals surface area contributed by atoms with E-state index in [4.69, 9.17) is 0 Å². The molecule has 0 bridgehead atoms. The summed E-state index contributed by atoms with van der Waals surface area (Å²) in [5.41, 5.74) is 0.528. The van der Waals surface area contributed by atoms with Crippen molar-refractivity contribution in [3.63, 3.8) is 0 Å². The minimum absolute atomic E-state index is 0.0267. The third kappa shape index (κ3) is 2.79. The van der Waals surface area contributed by atoms with E-state index < -0.39 is 0 Å². The molecule has 1 atom stereocenters. The first-order chi connectivity index (χ1) is 8.08. The Morgan fingerprint density at radius 1 is 1.59 bits per heavy atom. The van der Waals surface area contributed by atoms with E-state index in [0.29, 0.717) is 29.2 Å². The molecule has 1 aromatic carbocycles. The number of phenols is 1. The third-order valence-corrected chi connectivity index (χ3v) is 3.52. The van der Waals surface area contributed by atoms with Crippen molar-refractivity contribution in [2.45, 2.75) is 13.0 Å². The van der Waals surface area contributed by atoms with Crippen molar-refractivity contribution in [2.75, 3.05) is 19.6 Å². The van der Waals surface area contributed by atoms with Gasteiger partial charge in [-0.3, -0.25) is 4.79 Å². The molecule has 1 heterocycles. The maximum Gasteiger partial charge on any atom is 0.254 e. The van der Waals surface area contributed by atoms with Crippen molar-refractivity contribution in [2.24, 2.45) is 0 Å². The summed E-state index contributed by atoms with van der Waals surface area (Å²) in [6.45, 7) is 4.28. The van der Waals surface area contributed by atoms with Crippen LogP contribution in [0.1, 0.15) is 17.3 Å². The van der Waals surface area contributed by atoms with Gasteiger partial charge in [-0.2, -0.15) is 0 Å². The van der Waals surface area contributed by atoms with E-state index in [-0.39, 0.29) is 11.7 Å². The Balaban J connectivity index is 2.15. The quantitative estimate of drug-likeness (QED) is 0.828. The Kier molecular flexibility index (Phi) is 3.69. The van der Waals surface area contributed by atoms with E-state index in [1.54, 1.807) is 12.1 Å². The fraction of sp³-hybridized carbons (Fsp3) is 0.417. The fourth-order valence-electron chi connectivity index (χ4n) is 1.95. The molecule has 17 heavy (non-hydrogen) atoms. The first kappa shape index (κ1) is 12.4. The average Bonchev–Trinajstić information content (AvgIpc) is 2.32. The zero-order valence-electron chi connectivity index (χ0n) is 9.61. The van der Waals surface area contributed by atoms with Gasteiger partial charge in [0.25, 0.3) is 5.91 Å². The van der Waals surface area contributed by atoms with Crippen LogP contribution in [0.2, 0.25) is 0 Å². The van der Waals surface area contributed by atoms with E-state index >= 15 is 0 Å². The SMILES string of the molecule is CC1CN(C(=O)c2ccc(Br)c(O)c2)CCN1. The van der Waals surface area contributed by atoms with Gasteiger partial charge in [-0.1, -0.05) is 0 Å². The summed E-state index contributed by atoms with van der Waals surface area (Å²) in [5, 5.41) is 12.9. The standard InChI is InChI=1S/C12H15BrN2O2/c1-8-7-15(5-4-14-8)12(17)9-2-3-10(13)11(16)6-9/h2-3,6,8,14,16H,4-5,7H2,1H3. The Hall–Kier alpha value is -1.07. The van der Waals surface area contributed by atoms with Gasteiger partial charge in [0, 0.05) is 31.2 Å². The number of nitrogens with zero attached hydrogens (tertiary/aromatic N) is 1. The Morgan fingerprint density at radius 2 is 2.35 bits per heavy atom. The number of phenolic OH excluding ortho intramolecular Hbond substituents is 1. The molecule has 4 nitrogen and oxygen atoms in total. The van der Waals surface area contributed by atoms with Gasteiger partial charge in [0.2, 0.25) is 0 Å². The van der Waals surface area contributed by atoms with Gasteiger partial charge in [0.1, 0.15) is 5.75 Å². The smallest absolute Gasteiger partial charge is 0.254 e. The van der Waals surface area contributed by atoms with Gasteiger partial charge >= 0.3 is 0 Å². The summed E-state index contributed by atoms with van der Waals surface area (Å²) in [4.78, 5) is 14.0. The van der Waals surface area contributed by atoms with Gasteiger partial charge in [-0.25, -0.2) is 0 Å². The second kappa shape index (κ2) is 5.06. The minimum Gasteiger partial charge on any atom is -0.507 e. The molecule has 1 saturated heterocycles. The van der Waals surface area contributed by atoms with Crippen LogP contribution in [0.5, 0.6) is 5.75 Å². The van der Waals surface area contributed by atoms with Crippen molar-refractivity contribution in [1.29, 1.82) is 0 Å². The molecular formula is C12H15BrN2O2. The van der Waals surface area contributed by atoms with Crippen LogP contribution in [-0.2, 0) is 0 Å². The van der Waals surface area contributed by atoms with Gasteiger partial charge in [0.15, 0.2) is 0 Å². The average molecular weight is 299 g/mol. The van der Waals surface area contributed by atoms with Gasteiger partial charge in [-0.05, 0) is 41.1 Å². The number of aromatic hydroxyl groups is 1. The fourth-order valence-corrected chi connectivity index (χ4v) is 2.19. The summed E-state index contributed by atoms with van der Waals surface area (Å²) in [7, 11) is 0. The first-order valence-electron chi connectivity index (χ1n) is 5.59. The van der Waals surface area contributed by atoms with E-state index in [9.17, 15) is 9.90 Å². The second-order valence-electron chi connectivity index (χ2n) is 4.27. The Labute approximate surface area is 109 Å². The highest BCUT2D eigenvalue weighted by Crippen LogP contribution is 2.25. The molecule has 92 valence electrons. The summed E-state index contributed by atoms with van der Waals surface area (Å²) >= 11 is 3.20. The number of carbonyl (C=O) groups is 1. The first-order valence-corrected chi connectivity index (χ1v) is 6.38. The van der Waals surface area contributed by atoms with Crippen LogP contribution >= 0.6 is 15.9 Å². The van der Waals surface area contributed by atoms with E-state index in [1.807, 2.05) is 4.90 Å². The molecule has 2 N–H and O–H groups in total.